The van der Waals surface area contributed by atoms with Crippen molar-refractivity contribution in [1.29, 1.82) is 0 Å². The van der Waals surface area contributed by atoms with E-state index in [-0.39, 0.29) is 6.10 Å². The topological polar surface area (TPSA) is 32.8 Å². The number of rotatable bonds is 2. The molecule has 4 rings (SSSR count). The van der Waals surface area contributed by atoms with E-state index in [4.69, 9.17) is 4.74 Å². The molecule has 1 aliphatic heterocycles. The molecule has 1 heterocycles. The molecule has 2 unspecified atom stereocenters. The molecule has 1 N–H and O–H groups in total. The maximum Gasteiger partial charge on any atom is 0.144 e. The largest absolute Gasteiger partial charge is 0.378 e. The lowest BCUT2D eigenvalue weighted by molar-refractivity contribution is 0.0290. The molecule has 0 radical (unpaired) electrons. The van der Waals surface area contributed by atoms with Gasteiger partial charge in [0.05, 0.1) is 14.2 Å². The molecule has 3 heteroatoms. The highest BCUT2D eigenvalue weighted by Gasteiger charge is 2.75. The van der Waals surface area contributed by atoms with Crippen LogP contribution < -0.4 is 0 Å². The summed E-state index contributed by atoms with van der Waals surface area (Å²) in [4.78, 5) is 0. The van der Waals surface area contributed by atoms with Crippen LogP contribution in [0.15, 0.2) is 48.5 Å². The number of epoxide rings is 1. The summed E-state index contributed by atoms with van der Waals surface area (Å²) in [5.41, 5.74) is 3.25. The summed E-state index contributed by atoms with van der Waals surface area (Å²) in [7, 11) is -1.78. The van der Waals surface area contributed by atoms with Crippen molar-refractivity contribution >= 4 is 8.07 Å². The lowest BCUT2D eigenvalue weighted by Crippen LogP contribution is -2.58. The fourth-order valence-corrected chi connectivity index (χ4v) is 7.67. The average molecular weight is 310 g/mol. The molecular formula is C19H22O2Si. The van der Waals surface area contributed by atoms with Gasteiger partial charge in [0.15, 0.2) is 0 Å². The minimum absolute atomic E-state index is 0.0865. The molecule has 0 bridgehead atoms. The van der Waals surface area contributed by atoms with E-state index in [1.807, 2.05) is 24.3 Å². The molecule has 0 saturated carbocycles. The normalized spacial score (nSPS) is 28.1. The molecule has 114 valence electrons. The van der Waals surface area contributed by atoms with Gasteiger partial charge in [-0.05, 0) is 29.2 Å². The Morgan fingerprint density at radius 3 is 1.68 bits per heavy atom. The number of hydrogen-bond donors (Lipinski definition) is 1. The van der Waals surface area contributed by atoms with Crippen molar-refractivity contribution < 1.29 is 9.84 Å². The van der Waals surface area contributed by atoms with Crippen molar-refractivity contribution in [2.75, 3.05) is 0 Å². The zero-order chi connectivity index (χ0) is 15.8. The van der Waals surface area contributed by atoms with Gasteiger partial charge in [0, 0.05) is 0 Å². The fraction of sp³-hybridized carbons (Fsp3) is 0.368. The minimum atomic E-state index is -1.78. The maximum atomic E-state index is 12.0. The van der Waals surface area contributed by atoms with Crippen LogP contribution >= 0.6 is 0 Å². The standard InChI is InChI=1S/C19H22O2Si/c1-13-19(21-13,22(2,3)4)18(20)16-11-7-5-9-14(16)15-10-6-8-12-17(15)18/h5-13,20H,1-4H3. The summed E-state index contributed by atoms with van der Waals surface area (Å²) < 4.78 is 6.18. The summed E-state index contributed by atoms with van der Waals surface area (Å²) in [6.07, 6.45) is 0.0865. The molecule has 1 saturated heterocycles. The van der Waals surface area contributed by atoms with Crippen LogP contribution in [0.25, 0.3) is 11.1 Å². The molecule has 22 heavy (non-hydrogen) atoms. The van der Waals surface area contributed by atoms with E-state index in [1.165, 1.54) is 0 Å². The second-order valence-corrected chi connectivity index (χ2v) is 12.8. The van der Waals surface area contributed by atoms with Gasteiger partial charge in [-0.2, -0.15) is 0 Å². The Labute approximate surface area is 132 Å². The SMILES string of the molecule is CC1OC1(C1(O)c2ccccc2-c2ccccc21)[Si](C)(C)C. The zero-order valence-corrected chi connectivity index (χ0v) is 14.6. The van der Waals surface area contributed by atoms with E-state index in [2.05, 4.69) is 50.8 Å². The summed E-state index contributed by atoms with van der Waals surface area (Å²) in [6, 6.07) is 16.5. The van der Waals surface area contributed by atoms with Gasteiger partial charge in [0.25, 0.3) is 0 Å². The number of fused-ring (bicyclic) bond motifs is 3. The summed E-state index contributed by atoms with van der Waals surface area (Å²) in [5, 5.41) is 11.5. The Morgan fingerprint density at radius 1 is 0.909 bits per heavy atom. The fourth-order valence-electron chi connectivity index (χ4n) is 4.57. The highest BCUT2D eigenvalue weighted by Crippen LogP contribution is 2.63. The summed E-state index contributed by atoms with van der Waals surface area (Å²) in [5.74, 6) is 0. The lowest BCUT2D eigenvalue weighted by atomic mass is 9.86. The minimum Gasteiger partial charge on any atom is -0.378 e. The van der Waals surface area contributed by atoms with Crippen LogP contribution in [0.5, 0.6) is 0 Å². The first-order chi connectivity index (χ1) is 10.3. The van der Waals surface area contributed by atoms with Gasteiger partial charge in [0.2, 0.25) is 0 Å². The third-order valence-electron chi connectivity index (χ3n) is 5.45. The molecule has 0 amide bonds. The van der Waals surface area contributed by atoms with Crippen molar-refractivity contribution in [2.45, 2.75) is 43.5 Å². The number of aliphatic hydroxyl groups is 1. The average Bonchev–Trinajstić information content (AvgIpc) is 3.13. The van der Waals surface area contributed by atoms with Gasteiger partial charge < -0.3 is 9.84 Å². The maximum absolute atomic E-state index is 12.0. The van der Waals surface area contributed by atoms with Crippen molar-refractivity contribution in [3.05, 3.63) is 59.7 Å². The van der Waals surface area contributed by atoms with E-state index >= 15 is 0 Å². The van der Waals surface area contributed by atoms with E-state index in [0.29, 0.717) is 0 Å². The van der Waals surface area contributed by atoms with Crippen molar-refractivity contribution in [2.24, 2.45) is 0 Å². The molecule has 1 aliphatic carbocycles. The first-order valence-electron chi connectivity index (χ1n) is 7.93. The Morgan fingerprint density at radius 2 is 1.32 bits per heavy atom. The van der Waals surface area contributed by atoms with E-state index in [1.54, 1.807) is 0 Å². The van der Waals surface area contributed by atoms with E-state index in [9.17, 15) is 5.11 Å². The van der Waals surface area contributed by atoms with Gasteiger partial charge in [-0.1, -0.05) is 68.2 Å². The second-order valence-electron chi connectivity index (χ2n) is 7.55. The first-order valence-corrected chi connectivity index (χ1v) is 11.4. The highest BCUT2D eigenvalue weighted by molar-refractivity contribution is 6.80. The molecule has 2 aliphatic rings. The van der Waals surface area contributed by atoms with Gasteiger partial charge in [-0.15, -0.1) is 0 Å². The monoisotopic (exact) mass is 310 g/mol. The van der Waals surface area contributed by atoms with Gasteiger partial charge >= 0.3 is 0 Å². The molecule has 0 spiro atoms. The Kier molecular flexibility index (Phi) is 2.65. The zero-order valence-electron chi connectivity index (χ0n) is 13.6. The number of hydrogen-bond acceptors (Lipinski definition) is 2. The van der Waals surface area contributed by atoms with Crippen LogP contribution in [0.1, 0.15) is 18.1 Å². The van der Waals surface area contributed by atoms with E-state index in [0.717, 1.165) is 22.3 Å². The molecule has 1 fully saturated rings. The molecule has 2 nitrogen and oxygen atoms in total. The first kappa shape index (κ1) is 14.2. The molecule has 0 aromatic heterocycles. The quantitative estimate of drug-likeness (QED) is 0.673. The third kappa shape index (κ3) is 1.42. The third-order valence-corrected chi connectivity index (χ3v) is 8.57. The van der Waals surface area contributed by atoms with Crippen LogP contribution in [-0.4, -0.2) is 24.5 Å². The Bertz CT molecular complexity index is 717. The van der Waals surface area contributed by atoms with Crippen LogP contribution in [0, 0.1) is 0 Å². The van der Waals surface area contributed by atoms with Crippen LogP contribution in [0.3, 0.4) is 0 Å². The van der Waals surface area contributed by atoms with Crippen LogP contribution in [0.4, 0.5) is 0 Å². The predicted molar refractivity (Wildman–Crippen MR) is 91.5 cm³/mol. The molecule has 2 aromatic carbocycles. The van der Waals surface area contributed by atoms with Crippen molar-refractivity contribution in [3.8, 4) is 11.1 Å². The van der Waals surface area contributed by atoms with Gasteiger partial charge in [-0.3, -0.25) is 0 Å². The Balaban J connectivity index is 2.07. The van der Waals surface area contributed by atoms with E-state index < -0.39 is 18.9 Å². The lowest BCUT2D eigenvalue weighted by Gasteiger charge is -2.40. The smallest absolute Gasteiger partial charge is 0.144 e. The molecule has 2 atom stereocenters. The summed E-state index contributed by atoms with van der Waals surface area (Å²) >= 11 is 0. The Hall–Kier alpha value is -1.42. The molecule has 2 aromatic rings. The summed E-state index contributed by atoms with van der Waals surface area (Å²) in [6.45, 7) is 8.97. The van der Waals surface area contributed by atoms with Crippen LogP contribution in [-0.2, 0) is 10.3 Å². The predicted octanol–water partition coefficient (Wildman–Crippen LogP) is 3.94. The van der Waals surface area contributed by atoms with Gasteiger partial charge in [-0.25, -0.2) is 0 Å². The van der Waals surface area contributed by atoms with Gasteiger partial charge in [0.1, 0.15) is 10.8 Å². The molecular weight excluding hydrogens is 288 g/mol. The van der Waals surface area contributed by atoms with Crippen molar-refractivity contribution in [3.63, 3.8) is 0 Å². The number of ether oxygens (including phenoxy) is 1. The highest BCUT2D eigenvalue weighted by atomic mass is 28.3. The second kappa shape index (κ2) is 4.10. The number of benzene rings is 2. The van der Waals surface area contributed by atoms with Crippen LogP contribution in [0.2, 0.25) is 19.6 Å². The van der Waals surface area contributed by atoms with Crippen molar-refractivity contribution in [1.82, 2.24) is 0 Å².